The molecule has 0 radical (unpaired) electrons. The topological polar surface area (TPSA) is 53.7 Å². The summed E-state index contributed by atoms with van der Waals surface area (Å²) in [7, 11) is 1.59. The minimum absolute atomic E-state index is 0.589. The minimum Gasteiger partial charge on any atom is -0.497 e. The second-order valence-corrected chi connectivity index (χ2v) is 4.34. The van der Waals surface area contributed by atoms with Crippen LogP contribution in [0.25, 0.3) is 0 Å². The number of nitrogens with two attached hydrogens (primary N) is 1. The molecule has 0 aliphatic rings. The zero-order valence-electron chi connectivity index (χ0n) is 11.8. The Labute approximate surface area is 119 Å². The lowest BCUT2D eigenvalue weighted by Gasteiger charge is -2.13. The Kier molecular flexibility index (Phi) is 4.71. The van der Waals surface area contributed by atoms with Gasteiger partial charge in [0.2, 0.25) is 0 Å². The number of ether oxygens (including phenoxy) is 3. The van der Waals surface area contributed by atoms with Crippen LogP contribution in [0.3, 0.4) is 0 Å². The highest BCUT2D eigenvalue weighted by molar-refractivity contribution is 5.52. The molecule has 0 amide bonds. The van der Waals surface area contributed by atoms with Crippen LogP contribution in [0.5, 0.6) is 23.0 Å². The summed E-state index contributed by atoms with van der Waals surface area (Å²) in [6.07, 6.45) is 0.945. The lowest BCUT2D eigenvalue weighted by atomic mass is 10.2. The van der Waals surface area contributed by atoms with E-state index in [1.165, 1.54) is 0 Å². The van der Waals surface area contributed by atoms with Crippen LogP contribution in [0, 0.1) is 0 Å². The molecule has 4 nitrogen and oxygen atoms in total. The van der Waals surface area contributed by atoms with Crippen molar-refractivity contribution in [1.82, 2.24) is 0 Å². The zero-order chi connectivity index (χ0) is 14.4. The third-order valence-corrected chi connectivity index (χ3v) is 2.68. The molecule has 0 aliphatic heterocycles. The summed E-state index contributed by atoms with van der Waals surface area (Å²) >= 11 is 0. The molecular weight excluding hydrogens is 254 g/mol. The smallest absolute Gasteiger partial charge is 0.169 e. The van der Waals surface area contributed by atoms with Gasteiger partial charge in [0.25, 0.3) is 0 Å². The molecule has 2 N–H and O–H groups in total. The van der Waals surface area contributed by atoms with E-state index in [9.17, 15) is 0 Å². The first kappa shape index (κ1) is 14.1. The summed E-state index contributed by atoms with van der Waals surface area (Å²) in [6.45, 7) is 2.72. The molecule has 0 fully saturated rings. The minimum atomic E-state index is 0.589. The standard InChI is InChI=1S/C16H19NO3/c1-3-8-19-15-6-4-5-7-16(15)20-14-10-12(17)9-13(11-14)18-2/h4-7,9-11H,3,8,17H2,1-2H3. The highest BCUT2D eigenvalue weighted by atomic mass is 16.5. The second-order valence-electron chi connectivity index (χ2n) is 4.34. The maximum absolute atomic E-state index is 5.84. The Bertz CT molecular complexity index is 569. The zero-order valence-corrected chi connectivity index (χ0v) is 11.8. The van der Waals surface area contributed by atoms with Crippen molar-refractivity contribution in [3.05, 3.63) is 42.5 Å². The summed E-state index contributed by atoms with van der Waals surface area (Å²) in [6, 6.07) is 12.8. The van der Waals surface area contributed by atoms with Crippen LogP contribution < -0.4 is 19.9 Å². The lowest BCUT2D eigenvalue weighted by molar-refractivity contribution is 0.302. The molecule has 2 rings (SSSR count). The lowest BCUT2D eigenvalue weighted by Crippen LogP contribution is -1.97. The molecule has 20 heavy (non-hydrogen) atoms. The molecule has 0 unspecified atom stereocenters. The Balaban J connectivity index is 2.23. The van der Waals surface area contributed by atoms with Crippen LogP contribution >= 0.6 is 0 Å². The van der Waals surface area contributed by atoms with Crippen LogP contribution in [0.4, 0.5) is 5.69 Å². The van der Waals surface area contributed by atoms with Gasteiger partial charge in [-0.25, -0.2) is 0 Å². The van der Waals surface area contributed by atoms with Gasteiger partial charge in [0.05, 0.1) is 13.7 Å². The summed E-state index contributed by atoms with van der Waals surface area (Å²) < 4.78 is 16.7. The number of benzene rings is 2. The Morgan fingerprint density at radius 3 is 2.40 bits per heavy atom. The van der Waals surface area contributed by atoms with Gasteiger partial charge in [0, 0.05) is 23.9 Å². The normalized spacial score (nSPS) is 10.1. The van der Waals surface area contributed by atoms with Crippen molar-refractivity contribution >= 4 is 5.69 Å². The molecule has 0 bridgehead atoms. The first-order valence-corrected chi connectivity index (χ1v) is 6.57. The van der Waals surface area contributed by atoms with E-state index < -0.39 is 0 Å². The van der Waals surface area contributed by atoms with Gasteiger partial charge in [-0.3, -0.25) is 0 Å². The molecule has 0 aromatic heterocycles. The average molecular weight is 273 g/mol. The van der Waals surface area contributed by atoms with Crippen molar-refractivity contribution in [2.24, 2.45) is 0 Å². The summed E-state index contributed by atoms with van der Waals surface area (Å²) in [5, 5.41) is 0. The van der Waals surface area contributed by atoms with Crippen molar-refractivity contribution < 1.29 is 14.2 Å². The molecule has 0 saturated heterocycles. The average Bonchev–Trinajstić information content (AvgIpc) is 2.45. The monoisotopic (exact) mass is 273 g/mol. The summed E-state index contributed by atoms with van der Waals surface area (Å²) in [4.78, 5) is 0. The highest BCUT2D eigenvalue weighted by Crippen LogP contribution is 2.34. The number of methoxy groups -OCH3 is 1. The molecule has 0 saturated carbocycles. The fourth-order valence-corrected chi connectivity index (χ4v) is 1.76. The molecule has 0 heterocycles. The van der Waals surface area contributed by atoms with Crippen LogP contribution in [0.1, 0.15) is 13.3 Å². The number of hydrogen-bond donors (Lipinski definition) is 1. The first-order valence-electron chi connectivity index (χ1n) is 6.57. The van der Waals surface area contributed by atoms with Crippen LogP contribution in [0.15, 0.2) is 42.5 Å². The molecule has 0 aliphatic carbocycles. The number of anilines is 1. The van der Waals surface area contributed by atoms with Crippen molar-refractivity contribution in [2.45, 2.75) is 13.3 Å². The van der Waals surface area contributed by atoms with Gasteiger partial charge in [-0.2, -0.15) is 0 Å². The van der Waals surface area contributed by atoms with Gasteiger partial charge >= 0.3 is 0 Å². The van der Waals surface area contributed by atoms with Crippen molar-refractivity contribution in [2.75, 3.05) is 19.5 Å². The van der Waals surface area contributed by atoms with Crippen LogP contribution in [-0.2, 0) is 0 Å². The third kappa shape index (κ3) is 3.57. The van der Waals surface area contributed by atoms with E-state index in [1.54, 1.807) is 25.3 Å². The Hall–Kier alpha value is -2.36. The summed E-state index contributed by atoms with van der Waals surface area (Å²) in [5.74, 6) is 2.66. The van der Waals surface area contributed by atoms with E-state index >= 15 is 0 Å². The van der Waals surface area contributed by atoms with E-state index in [1.807, 2.05) is 24.3 Å². The van der Waals surface area contributed by atoms with E-state index in [-0.39, 0.29) is 0 Å². The van der Waals surface area contributed by atoms with Gasteiger partial charge in [0.15, 0.2) is 11.5 Å². The fraction of sp³-hybridized carbons (Fsp3) is 0.250. The van der Waals surface area contributed by atoms with Crippen molar-refractivity contribution in [3.8, 4) is 23.0 Å². The first-order chi connectivity index (χ1) is 9.72. The molecule has 0 spiro atoms. The molecule has 2 aromatic rings. The molecule has 2 aromatic carbocycles. The number of rotatable bonds is 6. The predicted octanol–water partition coefficient (Wildman–Crippen LogP) is 3.86. The quantitative estimate of drug-likeness (QED) is 0.812. The number of nitrogen functional groups attached to an aromatic ring is 1. The largest absolute Gasteiger partial charge is 0.497 e. The maximum atomic E-state index is 5.84. The molecule has 106 valence electrons. The SMILES string of the molecule is CCCOc1ccccc1Oc1cc(N)cc(OC)c1. The van der Waals surface area contributed by atoms with Crippen molar-refractivity contribution in [3.63, 3.8) is 0 Å². The van der Waals surface area contributed by atoms with E-state index in [0.717, 1.165) is 12.2 Å². The van der Waals surface area contributed by atoms with Crippen molar-refractivity contribution in [1.29, 1.82) is 0 Å². The summed E-state index contributed by atoms with van der Waals surface area (Å²) in [5.41, 5.74) is 6.40. The van der Waals surface area contributed by atoms with Gasteiger partial charge in [-0.05, 0) is 18.6 Å². The highest BCUT2D eigenvalue weighted by Gasteiger charge is 2.07. The van der Waals surface area contributed by atoms with Crippen LogP contribution in [0.2, 0.25) is 0 Å². The number of hydrogen-bond acceptors (Lipinski definition) is 4. The number of para-hydroxylation sites is 2. The third-order valence-electron chi connectivity index (χ3n) is 2.68. The van der Waals surface area contributed by atoms with Crippen LogP contribution in [-0.4, -0.2) is 13.7 Å². The molecule has 4 heteroatoms. The molecule has 0 atom stereocenters. The van der Waals surface area contributed by atoms with Gasteiger partial charge in [0.1, 0.15) is 11.5 Å². The van der Waals surface area contributed by atoms with E-state index in [4.69, 9.17) is 19.9 Å². The Morgan fingerprint density at radius 2 is 1.70 bits per heavy atom. The maximum Gasteiger partial charge on any atom is 0.169 e. The Morgan fingerprint density at radius 1 is 1.00 bits per heavy atom. The predicted molar refractivity (Wildman–Crippen MR) is 79.7 cm³/mol. The molecular formula is C16H19NO3. The van der Waals surface area contributed by atoms with Gasteiger partial charge in [-0.1, -0.05) is 19.1 Å². The van der Waals surface area contributed by atoms with Gasteiger partial charge < -0.3 is 19.9 Å². The van der Waals surface area contributed by atoms with E-state index in [0.29, 0.717) is 29.5 Å². The fourth-order valence-electron chi connectivity index (χ4n) is 1.76. The van der Waals surface area contributed by atoms with E-state index in [2.05, 4.69) is 6.92 Å². The van der Waals surface area contributed by atoms with Gasteiger partial charge in [-0.15, -0.1) is 0 Å². The second kappa shape index (κ2) is 6.70.